The molecule has 0 radical (unpaired) electrons. The molecule has 1 aliphatic carbocycles. The molecule has 12 nitrogen and oxygen atoms in total. The smallest absolute Gasteiger partial charge is 0.726 e. The summed E-state index contributed by atoms with van der Waals surface area (Å²) >= 11 is 11.3. The third kappa shape index (κ3) is 9.38. The average molecular weight is 627 g/mol. The van der Waals surface area contributed by atoms with Gasteiger partial charge in [-0.25, -0.2) is 16.8 Å². The molecule has 0 saturated heterocycles. The molecule has 0 fully saturated rings. The van der Waals surface area contributed by atoms with Crippen LogP contribution >= 0.6 is 23.2 Å². The minimum Gasteiger partial charge on any atom is -0.726 e. The van der Waals surface area contributed by atoms with Crippen LogP contribution in [0.3, 0.4) is 0 Å². The Hall–Kier alpha value is -0.300. The molecule has 0 saturated carbocycles. The summed E-state index contributed by atoms with van der Waals surface area (Å²) in [4.78, 5) is 26.7. The van der Waals surface area contributed by atoms with Crippen LogP contribution in [-0.2, 0) is 29.2 Å². The van der Waals surface area contributed by atoms with Crippen LogP contribution in [0.2, 0.25) is 0 Å². The van der Waals surface area contributed by atoms with E-state index in [0.717, 1.165) is 0 Å². The van der Waals surface area contributed by atoms with Crippen molar-refractivity contribution in [2.45, 2.75) is 12.2 Å². The molecule has 2 atom stereocenters. The second-order valence-electron chi connectivity index (χ2n) is 7.44. The molecule has 1 aliphatic rings. The fourth-order valence-corrected chi connectivity index (χ4v) is 4.96. The summed E-state index contributed by atoms with van der Waals surface area (Å²) in [5.41, 5.74) is 0.364. The molecular formula is C20H18Cl2N2Na2O10S2. The second-order valence-corrected chi connectivity index (χ2v) is 10.1. The number of hydrogen-bond donors (Lipinski definition) is 2. The van der Waals surface area contributed by atoms with E-state index in [1.165, 1.54) is 24.3 Å². The number of alkyl halides is 2. The summed E-state index contributed by atoms with van der Waals surface area (Å²) in [5, 5.41) is 5.56. The van der Waals surface area contributed by atoms with Crippen molar-refractivity contribution >= 4 is 66.9 Å². The molecule has 0 heterocycles. The van der Waals surface area contributed by atoms with Gasteiger partial charge in [0, 0.05) is 35.6 Å². The summed E-state index contributed by atoms with van der Waals surface area (Å²) in [6.45, 7) is -0.590. The first-order valence-corrected chi connectivity index (χ1v) is 13.8. The predicted molar refractivity (Wildman–Crippen MR) is 127 cm³/mol. The predicted octanol–water partition coefficient (Wildman–Crippen LogP) is -4.54. The standard InChI is InChI=1S/C20H20Cl2N2O10S2.2Na/c21-7-11(33-35(27,28)29)9-23-15-5-6-16(24-10-12(8-22)34-36(30,31)32)18-17(15)19(25)13-3-1-2-4-14(13)20(18)26;;/h1-6,11-12,23-24H,7-10H2,(H,27,28,29)(H,30,31,32);;/q;2*+1/p-2. The number of benzene rings is 2. The monoisotopic (exact) mass is 626 g/mol. The van der Waals surface area contributed by atoms with E-state index < -0.39 is 44.6 Å². The van der Waals surface area contributed by atoms with Gasteiger partial charge in [-0.15, -0.1) is 23.2 Å². The van der Waals surface area contributed by atoms with Crippen molar-refractivity contribution in [3.05, 3.63) is 58.7 Å². The van der Waals surface area contributed by atoms with Crippen molar-refractivity contribution in [3.63, 3.8) is 0 Å². The zero-order chi connectivity index (χ0) is 26.7. The third-order valence-corrected chi connectivity index (χ3v) is 6.67. The van der Waals surface area contributed by atoms with E-state index in [-0.39, 0.29) is 118 Å². The number of hydrogen-bond acceptors (Lipinski definition) is 12. The zero-order valence-electron chi connectivity index (χ0n) is 20.1. The fourth-order valence-electron chi connectivity index (χ4n) is 3.53. The molecule has 2 aromatic carbocycles. The molecule has 0 aliphatic heterocycles. The molecule has 196 valence electrons. The van der Waals surface area contributed by atoms with E-state index in [2.05, 4.69) is 19.0 Å². The quantitative estimate of drug-likeness (QED) is 0.0848. The minimum atomic E-state index is -5.05. The fraction of sp³-hybridized carbons (Fsp3) is 0.300. The summed E-state index contributed by atoms with van der Waals surface area (Å²) in [5.74, 6) is -1.79. The second kappa shape index (κ2) is 15.1. The number of halogens is 2. The Morgan fingerprint density at radius 3 is 1.34 bits per heavy atom. The Labute approximate surface area is 273 Å². The number of rotatable bonds is 12. The van der Waals surface area contributed by atoms with E-state index in [4.69, 9.17) is 23.2 Å². The maximum atomic E-state index is 13.4. The van der Waals surface area contributed by atoms with Crippen molar-refractivity contribution in [1.82, 2.24) is 0 Å². The van der Waals surface area contributed by atoms with Crippen LogP contribution in [0.5, 0.6) is 0 Å². The van der Waals surface area contributed by atoms with Gasteiger partial charge in [0.2, 0.25) is 20.8 Å². The van der Waals surface area contributed by atoms with Crippen molar-refractivity contribution in [2.24, 2.45) is 0 Å². The van der Waals surface area contributed by atoms with Gasteiger partial charge >= 0.3 is 59.1 Å². The van der Waals surface area contributed by atoms with E-state index in [1.807, 2.05) is 0 Å². The van der Waals surface area contributed by atoms with Crippen molar-refractivity contribution in [2.75, 3.05) is 35.5 Å². The number of carbonyl (C=O) groups is 2. The first kappa shape index (κ1) is 35.7. The van der Waals surface area contributed by atoms with E-state index in [9.17, 15) is 35.5 Å². The molecular weight excluding hydrogens is 609 g/mol. The largest absolute Gasteiger partial charge is 1.00 e. The van der Waals surface area contributed by atoms with E-state index in [1.54, 1.807) is 12.1 Å². The van der Waals surface area contributed by atoms with Crippen molar-refractivity contribution in [3.8, 4) is 0 Å². The van der Waals surface area contributed by atoms with Crippen LogP contribution in [-0.4, -0.2) is 74.6 Å². The first-order valence-electron chi connectivity index (χ1n) is 10.1. The van der Waals surface area contributed by atoms with Gasteiger partial charge in [-0.2, -0.15) is 0 Å². The van der Waals surface area contributed by atoms with Crippen LogP contribution in [0.4, 0.5) is 11.4 Å². The Morgan fingerprint density at radius 1 is 0.711 bits per heavy atom. The van der Waals surface area contributed by atoms with Gasteiger partial charge in [-0.3, -0.25) is 18.0 Å². The Balaban J connectivity index is 0.00000361. The SMILES string of the molecule is O=C1c2ccccc2C(=O)c2c(NCC(CCl)OS(=O)(=O)[O-])ccc(NCC(CCl)OS(=O)(=O)[O-])c21.[Na+].[Na+]. The Kier molecular flexibility index (Phi) is 14.2. The third-order valence-electron chi connectivity index (χ3n) is 4.97. The Bertz CT molecular complexity index is 1290. The van der Waals surface area contributed by atoms with Gasteiger partial charge in [-0.1, -0.05) is 24.3 Å². The molecule has 38 heavy (non-hydrogen) atoms. The maximum Gasteiger partial charge on any atom is 1.00 e. The van der Waals surface area contributed by atoms with Gasteiger partial charge in [-0.05, 0) is 12.1 Å². The number of anilines is 2. The van der Waals surface area contributed by atoms with Crippen LogP contribution in [0.25, 0.3) is 0 Å². The first-order chi connectivity index (χ1) is 16.8. The van der Waals surface area contributed by atoms with Crippen molar-refractivity contribution in [1.29, 1.82) is 0 Å². The minimum absolute atomic E-state index is 0. The van der Waals surface area contributed by atoms with Gasteiger partial charge in [0.1, 0.15) is 12.2 Å². The number of fused-ring (bicyclic) bond motifs is 2. The molecule has 2 aromatic rings. The average Bonchev–Trinajstić information content (AvgIpc) is 2.81. The summed E-state index contributed by atoms with van der Waals surface area (Å²) in [7, 11) is -10.1. The van der Waals surface area contributed by atoms with Gasteiger partial charge in [0.15, 0.2) is 11.6 Å². The molecule has 3 rings (SSSR count). The van der Waals surface area contributed by atoms with Crippen LogP contribution < -0.4 is 69.7 Å². The topological polar surface area (TPSA) is 191 Å². The van der Waals surface area contributed by atoms with Crippen molar-refractivity contribution < 1.29 is 103 Å². The van der Waals surface area contributed by atoms with Gasteiger partial charge in [0.25, 0.3) is 0 Å². The summed E-state index contributed by atoms with van der Waals surface area (Å²) in [6.07, 6.45) is -2.53. The van der Waals surface area contributed by atoms with Crippen LogP contribution in [0.15, 0.2) is 36.4 Å². The molecule has 2 unspecified atom stereocenters. The van der Waals surface area contributed by atoms with E-state index in [0.29, 0.717) is 0 Å². The zero-order valence-corrected chi connectivity index (χ0v) is 27.2. The van der Waals surface area contributed by atoms with Gasteiger partial charge < -0.3 is 19.7 Å². The molecule has 0 bridgehead atoms. The maximum absolute atomic E-state index is 13.4. The molecule has 18 heteroatoms. The number of nitrogens with one attached hydrogen (secondary N) is 2. The van der Waals surface area contributed by atoms with Crippen LogP contribution in [0.1, 0.15) is 31.8 Å². The number of carbonyl (C=O) groups excluding carboxylic acids is 2. The summed E-state index contributed by atoms with van der Waals surface area (Å²) in [6, 6.07) is 8.89. The molecule has 0 amide bonds. The molecule has 0 spiro atoms. The normalized spacial score (nSPS) is 14.3. The van der Waals surface area contributed by atoms with E-state index >= 15 is 0 Å². The molecule has 2 N–H and O–H groups in total. The molecule has 0 aromatic heterocycles. The van der Waals surface area contributed by atoms with Gasteiger partial charge in [0.05, 0.1) is 22.9 Å². The summed E-state index contributed by atoms with van der Waals surface area (Å²) < 4.78 is 74.2. The Morgan fingerprint density at radius 2 is 1.05 bits per heavy atom. The number of ketones is 2. The van der Waals surface area contributed by atoms with Crippen LogP contribution in [0, 0.1) is 0 Å².